The Morgan fingerprint density at radius 2 is 0.846 bits per heavy atom. The van der Waals surface area contributed by atoms with Gasteiger partial charge in [-0.15, -0.1) is 0 Å². The minimum Gasteiger partial charge on any atom is -0.0645 e. The van der Waals surface area contributed by atoms with Crippen molar-refractivity contribution < 1.29 is 0 Å². The van der Waals surface area contributed by atoms with Gasteiger partial charge in [0.15, 0.2) is 0 Å². The van der Waals surface area contributed by atoms with Crippen molar-refractivity contribution in [2.24, 2.45) is 5.41 Å². The van der Waals surface area contributed by atoms with E-state index in [0.717, 1.165) is 0 Å². The van der Waals surface area contributed by atoms with Crippen molar-refractivity contribution >= 4 is 38.4 Å². The van der Waals surface area contributed by atoms with Crippen LogP contribution < -0.4 is 0 Å². The Hall–Kier alpha value is -2.17. The minimum atomic E-state index is -2.20. The third-order valence-electron chi connectivity index (χ3n) is 11.0. The van der Waals surface area contributed by atoms with Gasteiger partial charge in [-0.25, -0.2) is 0 Å². The maximum atomic E-state index is 2.58. The molecule has 0 spiro atoms. The van der Waals surface area contributed by atoms with Crippen LogP contribution in [0.25, 0.3) is 22.3 Å². The summed E-state index contributed by atoms with van der Waals surface area (Å²) in [4.78, 5) is 0. The molecule has 4 aliphatic rings. The van der Waals surface area contributed by atoms with Gasteiger partial charge < -0.3 is 0 Å². The molecule has 204 valence electrons. The van der Waals surface area contributed by atoms with Gasteiger partial charge in [0.05, 0.1) is 0 Å². The lowest BCUT2D eigenvalue weighted by Crippen LogP contribution is -2.47. The van der Waals surface area contributed by atoms with Crippen LogP contribution in [0.15, 0.2) is 69.3 Å². The maximum absolute atomic E-state index is 2.58. The van der Waals surface area contributed by atoms with Gasteiger partial charge in [0.2, 0.25) is 0 Å². The van der Waals surface area contributed by atoms with Crippen molar-refractivity contribution in [1.82, 2.24) is 0 Å². The van der Waals surface area contributed by atoms with Crippen LogP contribution in [0.2, 0.25) is 22.2 Å². The fourth-order valence-electron chi connectivity index (χ4n) is 10.00. The molecule has 0 aromatic heterocycles. The smallest absolute Gasteiger partial charge is 0.0645 e. The molecule has 0 unspecified atom stereocenters. The third-order valence-corrected chi connectivity index (χ3v) is 24.0. The standard InChI is InChI=1S/C37H48Si2/c1-21(2)38(22(3)4)33-25(9)26-17-13-14-18-27(26)30(33)35-36(38)31-28-19-15-16-20-29(28)32(37(10,11)12)34(31)39(35,23(5)6)24(7)8/h13-24H,1-12H3. The Kier molecular flexibility index (Phi) is 5.84. The van der Waals surface area contributed by atoms with Crippen LogP contribution in [0.4, 0.5) is 0 Å². The van der Waals surface area contributed by atoms with Crippen molar-refractivity contribution in [3.05, 3.63) is 91.6 Å². The Balaban J connectivity index is 1.96. The molecule has 0 saturated carbocycles. The number of allylic oxidation sites excluding steroid dienone is 8. The minimum absolute atomic E-state index is 0.0989. The molecule has 0 saturated heterocycles. The van der Waals surface area contributed by atoms with E-state index in [-0.39, 0.29) is 5.41 Å². The molecule has 2 aliphatic heterocycles. The van der Waals surface area contributed by atoms with Gasteiger partial charge in [0.25, 0.3) is 0 Å². The lowest BCUT2D eigenvalue weighted by molar-refractivity contribution is 0.567. The van der Waals surface area contributed by atoms with Crippen LogP contribution in [0.1, 0.15) is 105 Å². The van der Waals surface area contributed by atoms with Crippen molar-refractivity contribution in [3.8, 4) is 0 Å². The first-order valence-electron chi connectivity index (χ1n) is 15.4. The van der Waals surface area contributed by atoms with Crippen LogP contribution in [-0.2, 0) is 0 Å². The number of rotatable bonds is 4. The summed E-state index contributed by atoms with van der Waals surface area (Å²) in [5.41, 5.74) is 15.5. The lowest BCUT2D eigenvalue weighted by Gasteiger charge is -2.43. The summed E-state index contributed by atoms with van der Waals surface area (Å²) >= 11 is 0. The molecule has 0 fully saturated rings. The lowest BCUT2D eigenvalue weighted by atomic mass is 9.83. The molecule has 2 heteroatoms. The highest BCUT2D eigenvalue weighted by molar-refractivity contribution is 7.12. The Bertz CT molecular complexity index is 1530. The molecule has 2 heterocycles. The molecule has 0 bridgehead atoms. The van der Waals surface area contributed by atoms with E-state index < -0.39 is 16.1 Å². The van der Waals surface area contributed by atoms with E-state index in [9.17, 15) is 0 Å². The highest BCUT2D eigenvalue weighted by atomic mass is 28.3. The summed E-state index contributed by atoms with van der Waals surface area (Å²) in [6.07, 6.45) is 0. The van der Waals surface area contributed by atoms with Crippen molar-refractivity contribution in [2.75, 3.05) is 0 Å². The zero-order chi connectivity index (χ0) is 28.4. The monoisotopic (exact) mass is 548 g/mol. The van der Waals surface area contributed by atoms with Crippen LogP contribution in [-0.4, -0.2) is 16.1 Å². The van der Waals surface area contributed by atoms with Crippen molar-refractivity contribution in [2.45, 2.75) is 105 Å². The summed E-state index contributed by atoms with van der Waals surface area (Å²) in [6.45, 7) is 30.5. The normalized spacial score (nSPS) is 20.7. The molecule has 6 rings (SSSR count). The van der Waals surface area contributed by atoms with Crippen LogP contribution in [0.5, 0.6) is 0 Å². The van der Waals surface area contributed by atoms with Crippen molar-refractivity contribution in [3.63, 3.8) is 0 Å². The number of benzene rings is 2. The summed E-state index contributed by atoms with van der Waals surface area (Å²) < 4.78 is 0. The summed E-state index contributed by atoms with van der Waals surface area (Å²) in [7, 11) is -4.34. The van der Waals surface area contributed by atoms with Gasteiger partial charge in [-0.1, -0.05) is 125 Å². The maximum Gasteiger partial charge on any atom is 0.125 e. The highest BCUT2D eigenvalue weighted by Gasteiger charge is 2.68. The molecular weight excluding hydrogens is 501 g/mol. The molecule has 0 nitrogen and oxygen atoms in total. The molecule has 0 N–H and O–H groups in total. The molecule has 0 atom stereocenters. The summed E-state index contributed by atoms with van der Waals surface area (Å²) in [6, 6.07) is 18.9. The summed E-state index contributed by atoms with van der Waals surface area (Å²) in [5.74, 6) is 0. The zero-order valence-corrected chi connectivity index (χ0v) is 28.4. The second-order valence-electron chi connectivity index (χ2n) is 14.9. The molecule has 2 aromatic carbocycles. The predicted octanol–water partition coefficient (Wildman–Crippen LogP) is 11.2. The first-order valence-corrected chi connectivity index (χ1v) is 19.7. The summed E-state index contributed by atoms with van der Waals surface area (Å²) in [5, 5.41) is 7.40. The average Bonchev–Trinajstić information content (AvgIpc) is 3.52. The van der Waals surface area contributed by atoms with Gasteiger partial charge in [0, 0.05) is 0 Å². The predicted molar refractivity (Wildman–Crippen MR) is 178 cm³/mol. The topological polar surface area (TPSA) is 0 Å². The fourth-order valence-corrected chi connectivity index (χ4v) is 24.7. The first kappa shape index (κ1) is 27.0. The first-order chi connectivity index (χ1) is 18.3. The van der Waals surface area contributed by atoms with Gasteiger partial charge in [-0.3, -0.25) is 0 Å². The zero-order valence-electron chi connectivity index (χ0n) is 26.4. The second-order valence-corrected chi connectivity index (χ2v) is 25.0. The third kappa shape index (κ3) is 2.95. The molecule has 39 heavy (non-hydrogen) atoms. The van der Waals surface area contributed by atoms with E-state index in [0.29, 0.717) is 22.2 Å². The SMILES string of the molecule is CC1=C2C(=C3C(=C4C(=C(C(C)(C)C)c5ccccc54)[Si]3(C(C)C)C(C)C)[Si]2(C(C)C)C(C)C)c2ccccc21. The van der Waals surface area contributed by atoms with Crippen LogP contribution in [0.3, 0.4) is 0 Å². The second kappa shape index (κ2) is 8.43. The Morgan fingerprint density at radius 1 is 0.487 bits per heavy atom. The van der Waals surface area contributed by atoms with Crippen molar-refractivity contribution in [1.29, 1.82) is 0 Å². The molecule has 2 aliphatic carbocycles. The van der Waals surface area contributed by atoms with Crippen LogP contribution in [0, 0.1) is 5.41 Å². The largest absolute Gasteiger partial charge is 0.125 e. The van der Waals surface area contributed by atoms with E-state index in [4.69, 9.17) is 0 Å². The Morgan fingerprint density at radius 3 is 1.28 bits per heavy atom. The number of fused-ring (bicyclic) bond motifs is 7. The van der Waals surface area contributed by atoms with E-state index in [1.807, 2.05) is 20.8 Å². The fraction of sp³-hybridized carbons (Fsp3) is 0.459. The molecule has 0 amide bonds. The molecular formula is C37H48Si2. The van der Waals surface area contributed by atoms with E-state index >= 15 is 0 Å². The highest BCUT2D eigenvalue weighted by Crippen LogP contribution is 2.74. The average molecular weight is 549 g/mol. The van der Waals surface area contributed by atoms with Gasteiger partial charge >= 0.3 is 0 Å². The quantitative estimate of drug-likeness (QED) is 0.333. The van der Waals surface area contributed by atoms with Gasteiger partial charge in [-0.2, -0.15) is 0 Å². The Labute approximate surface area is 240 Å². The van der Waals surface area contributed by atoms with E-state index in [1.165, 1.54) is 16.7 Å². The van der Waals surface area contributed by atoms with E-state index in [2.05, 4.69) is 132 Å². The van der Waals surface area contributed by atoms with Gasteiger partial charge in [-0.05, 0) is 99.8 Å². The van der Waals surface area contributed by atoms with Crippen LogP contribution >= 0.6 is 0 Å². The molecule has 0 radical (unpaired) electrons. The van der Waals surface area contributed by atoms with Gasteiger partial charge in [0.1, 0.15) is 16.1 Å². The number of hydrogen-bond donors (Lipinski definition) is 0. The number of hydrogen-bond acceptors (Lipinski definition) is 0. The van der Waals surface area contributed by atoms with E-state index in [1.54, 1.807) is 27.9 Å². The molecule has 2 aromatic rings.